The summed E-state index contributed by atoms with van der Waals surface area (Å²) in [6.45, 7) is 6.01. The summed E-state index contributed by atoms with van der Waals surface area (Å²) in [6, 6.07) is 11.6. The Hall–Kier alpha value is -2.40. The zero-order chi connectivity index (χ0) is 18.3. The number of pyridine rings is 1. The highest BCUT2D eigenvalue weighted by Gasteiger charge is 2.23. The number of carbonyl (C=O) groups is 1. The van der Waals surface area contributed by atoms with Crippen LogP contribution in [0.2, 0.25) is 0 Å². The van der Waals surface area contributed by atoms with E-state index in [0.29, 0.717) is 12.8 Å². The van der Waals surface area contributed by atoms with E-state index in [1.165, 1.54) is 0 Å². The van der Waals surface area contributed by atoms with E-state index in [-0.39, 0.29) is 18.6 Å². The summed E-state index contributed by atoms with van der Waals surface area (Å²) in [7, 11) is 0. The number of aliphatic hydroxyl groups is 1. The van der Waals surface area contributed by atoms with Crippen molar-refractivity contribution in [1.29, 1.82) is 0 Å². The molecule has 2 rings (SSSR count). The normalized spacial score (nSPS) is 12.5. The van der Waals surface area contributed by atoms with Crippen LogP contribution >= 0.6 is 0 Å². The molecular formula is C20H27N3O2. The molecule has 5 heteroatoms. The summed E-state index contributed by atoms with van der Waals surface area (Å²) in [5.41, 5.74) is 2.32. The van der Waals surface area contributed by atoms with Gasteiger partial charge in [0.1, 0.15) is 0 Å². The highest BCUT2D eigenvalue weighted by Crippen LogP contribution is 2.21. The van der Waals surface area contributed by atoms with Gasteiger partial charge in [0, 0.05) is 18.9 Å². The average Bonchev–Trinajstić information content (AvgIpc) is 2.67. The Kier molecular flexibility index (Phi) is 6.53. The Balaban J connectivity index is 1.92. The van der Waals surface area contributed by atoms with Gasteiger partial charge < -0.3 is 15.7 Å². The zero-order valence-corrected chi connectivity index (χ0v) is 15.1. The fourth-order valence-electron chi connectivity index (χ4n) is 2.57. The molecule has 25 heavy (non-hydrogen) atoms. The van der Waals surface area contributed by atoms with Crippen molar-refractivity contribution in [3.05, 3.63) is 54.4 Å². The summed E-state index contributed by atoms with van der Waals surface area (Å²) < 4.78 is 0. The lowest BCUT2D eigenvalue weighted by Gasteiger charge is -2.26. The topological polar surface area (TPSA) is 74.2 Å². The molecular weight excluding hydrogens is 314 g/mol. The molecule has 0 spiro atoms. The van der Waals surface area contributed by atoms with Crippen LogP contribution in [0.3, 0.4) is 0 Å². The molecule has 0 aliphatic rings. The molecule has 0 saturated heterocycles. The van der Waals surface area contributed by atoms with Gasteiger partial charge in [0.25, 0.3) is 0 Å². The fourth-order valence-corrected chi connectivity index (χ4v) is 2.57. The molecule has 0 aliphatic carbocycles. The smallest absolute Gasteiger partial charge is 0.315 e. The van der Waals surface area contributed by atoms with Crippen molar-refractivity contribution in [3.8, 4) is 11.1 Å². The minimum Gasteiger partial charge on any atom is -0.388 e. The molecule has 5 nitrogen and oxygen atoms in total. The summed E-state index contributed by atoms with van der Waals surface area (Å²) in [4.78, 5) is 16.2. The number of carbonyl (C=O) groups excluding carboxylic acids is 1. The van der Waals surface area contributed by atoms with Crippen molar-refractivity contribution in [2.75, 3.05) is 6.54 Å². The van der Waals surface area contributed by atoms with E-state index >= 15 is 0 Å². The first kappa shape index (κ1) is 18.9. The maximum atomic E-state index is 12.1. The van der Waals surface area contributed by atoms with Gasteiger partial charge in [-0.3, -0.25) is 4.98 Å². The van der Waals surface area contributed by atoms with Crippen LogP contribution in [-0.4, -0.2) is 28.3 Å². The van der Waals surface area contributed by atoms with Gasteiger partial charge in [-0.05, 0) is 42.5 Å². The third-order valence-electron chi connectivity index (χ3n) is 4.65. The summed E-state index contributed by atoms with van der Waals surface area (Å²) >= 11 is 0. The van der Waals surface area contributed by atoms with Gasteiger partial charge >= 0.3 is 6.03 Å². The molecule has 0 bridgehead atoms. The minimum absolute atomic E-state index is 0.126. The molecule has 0 saturated carbocycles. The maximum Gasteiger partial charge on any atom is 0.315 e. The summed E-state index contributed by atoms with van der Waals surface area (Å²) in [6.07, 6.45) is 4.79. The van der Waals surface area contributed by atoms with E-state index in [1.54, 1.807) is 6.20 Å². The molecule has 0 aliphatic heterocycles. The molecule has 1 heterocycles. The SMILES string of the molecule is CCC(O)(CC)CNC(=O)NC(C)c1ccc(-c2cccnc2)cc1. The van der Waals surface area contributed by atoms with E-state index in [4.69, 9.17) is 0 Å². The number of nitrogens with one attached hydrogen (secondary N) is 2. The molecule has 1 aromatic heterocycles. The van der Waals surface area contributed by atoms with Crippen LogP contribution in [0, 0.1) is 0 Å². The number of nitrogens with zero attached hydrogens (tertiary/aromatic N) is 1. The third-order valence-corrected chi connectivity index (χ3v) is 4.65. The predicted octanol–water partition coefficient (Wildman–Crippen LogP) is 3.66. The molecule has 1 aromatic carbocycles. The Morgan fingerprint density at radius 1 is 1.16 bits per heavy atom. The number of benzene rings is 1. The first-order valence-corrected chi connectivity index (χ1v) is 8.74. The van der Waals surface area contributed by atoms with Crippen LogP contribution in [0.15, 0.2) is 48.8 Å². The number of hydrogen-bond donors (Lipinski definition) is 3. The Morgan fingerprint density at radius 3 is 2.40 bits per heavy atom. The molecule has 1 atom stereocenters. The van der Waals surface area contributed by atoms with Gasteiger partial charge in [0.2, 0.25) is 0 Å². The van der Waals surface area contributed by atoms with Gasteiger partial charge in [0.15, 0.2) is 0 Å². The van der Waals surface area contributed by atoms with E-state index < -0.39 is 5.60 Å². The first-order valence-electron chi connectivity index (χ1n) is 8.74. The molecule has 0 fully saturated rings. The van der Waals surface area contributed by atoms with Crippen LogP contribution in [0.1, 0.15) is 45.2 Å². The number of hydrogen-bond acceptors (Lipinski definition) is 3. The molecule has 2 aromatic rings. The maximum absolute atomic E-state index is 12.1. The van der Waals surface area contributed by atoms with Crippen molar-refractivity contribution < 1.29 is 9.90 Å². The second-order valence-corrected chi connectivity index (χ2v) is 6.34. The molecule has 1 unspecified atom stereocenters. The number of urea groups is 1. The number of aromatic nitrogens is 1. The van der Waals surface area contributed by atoms with Gasteiger partial charge in [-0.25, -0.2) is 4.79 Å². The third kappa shape index (κ3) is 5.29. The summed E-state index contributed by atoms with van der Waals surface area (Å²) in [5.74, 6) is 0. The van der Waals surface area contributed by atoms with Crippen molar-refractivity contribution in [1.82, 2.24) is 15.6 Å². The summed E-state index contributed by atoms with van der Waals surface area (Å²) in [5, 5.41) is 15.9. The van der Waals surface area contributed by atoms with Crippen LogP contribution in [0.4, 0.5) is 4.79 Å². The quantitative estimate of drug-likeness (QED) is 0.719. The molecule has 3 N–H and O–H groups in total. The predicted molar refractivity (Wildman–Crippen MR) is 100 cm³/mol. The van der Waals surface area contributed by atoms with E-state index in [2.05, 4.69) is 15.6 Å². The lowest BCUT2D eigenvalue weighted by Crippen LogP contribution is -2.46. The van der Waals surface area contributed by atoms with E-state index in [1.807, 2.05) is 63.4 Å². The van der Waals surface area contributed by atoms with Crippen LogP contribution in [0.5, 0.6) is 0 Å². The molecule has 0 radical (unpaired) electrons. The highest BCUT2D eigenvalue weighted by atomic mass is 16.3. The molecule has 2 amide bonds. The van der Waals surface area contributed by atoms with Crippen LogP contribution in [0.25, 0.3) is 11.1 Å². The monoisotopic (exact) mass is 341 g/mol. The Bertz CT molecular complexity index is 667. The zero-order valence-electron chi connectivity index (χ0n) is 15.1. The minimum atomic E-state index is -0.841. The highest BCUT2D eigenvalue weighted by molar-refractivity contribution is 5.74. The lowest BCUT2D eigenvalue weighted by atomic mass is 9.98. The number of amides is 2. The van der Waals surface area contributed by atoms with Gasteiger partial charge in [-0.1, -0.05) is 44.2 Å². The largest absolute Gasteiger partial charge is 0.388 e. The van der Waals surface area contributed by atoms with Gasteiger partial charge in [-0.15, -0.1) is 0 Å². The average molecular weight is 341 g/mol. The van der Waals surface area contributed by atoms with Crippen molar-refractivity contribution in [3.63, 3.8) is 0 Å². The van der Waals surface area contributed by atoms with Crippen LogP contribution in [-0.2, 0) is 0 Å². The van der Waals surface area contributed by atoms with Crippen molar-refractivity contribution in [2.45, 2.75) is 45.3 Å². The number of rotatable bonds is 7. The Morgan fingerprint density at radius 2 is 1.84 bits per heavy atom. The second kappa shape index (κ2) is 8.62. The van der Waals surface area contributed by atoms with Gasteiger partial charge in [0.05, 0.1) is 11.6 Å². The lowest BCUT2D eigenvalue weighted by molar-refractivity contribution is 0.0349. The van der Waals surface area contributed by atoms with Gasteiger partial charge in [-0.2, -0.15) is 0 Å². The van der Waals surface area contributed by atoms with E-state index in [0.717, 1.165) is 16.7 Å². The first-order chi connectivity index (χ1) is 12.0. The van der Waals surface area contributed by atoms with Crippen molar-refractivity contribution in [2.24, 2.45) is 0 Å². The fraction of sp³-hybridized carbons (Fsp3) is 0.400. The van der Waals surface area contributed by atoms with Crippen LogP contribution < -0.4 is 10.6 Å². The Labute approximate surface area is 149 Å². The second-order valence-electron chi connectivity index (χ2n) is 6.34. The standard InChI is InChI=1S/C20H27N3O2/c1-4-20(25,5-2)14-22-19(24)23-15(3)16-8-10-17(11-9-16)18-7-6-12-21-13-18/h6-13,15,25H,4-5,14H2,1-3H3,(H2,22,23,24). The van der Waals surface area contributed by atoms with Crippen molar-refractivity contribution >= 4 is 6.03 Å². The molecule has 134 valence electrons. The van der Waals surface area contributed by atoms with E-state index in [9.17, 15) is 9.90 Å².